The van der Waals surface area contributed by atoms with Crippen LogP contribution in [0, 0.1) is 24.0 Å². The third-order valence-electron chi connectivity index (χ3n) is 4.70. The predicted molar refractivity (Wildman–Crippen MR) is 103 cm³/mol. The topological polar surface area (TPSA) is 83.8 Å². The first-order valence-electron chi connectivity index (χ1n) is 8.80. The van der Waals surface area contributed by atoms with Gasteiger partial charge >= 0.3 is 0 Å². The van der Waals surface area contributed by atoms with Crippen molar-refractivity contribution >= 4 is 15.7 Å². The number of aryl methyl sites for hydroxylation is 2. The minimum Gasteiger partial charge on any atom is -0.296 e. The Bertz CT molecular complexity index is 931. The van der Waals surface area contributed by atoms with Gasteiger partial charge in [-0.05, 0) is 25.5 Å². The van der Waals surface area contributed by atoms with Crippen molar-refractivity contribution in [3.8, 4) is 0 Å². The molecule has 0 aromatic heterocycles. The molecule has 7 nitrogen and oxygen atoms in total. The molecule has 0 spiro atoms. The van der Waals surface area contributed by atoms with Crippen molar-refractivity contribution in [2.75, 3.05) is 26.2 Å². The molecule has 0 unspecified atom stereocenters. The zero-order chi connectivity index (χ0) is 19.6. The molecule has 144 valence electrons. The molecule has 1 heterocycles. The van der Waals surface area contributed by atoms with Crippen molar-refractivity contribution in [3.05, 3.63) is 69.3 Å². The summed E-state index contributed by atoms with van der Waals surface area (Å²) < 4.78 is 27.1. The lowest BCUT2D eigenvalue weighted by atomic mass is 10.1. The van der Waals surface area contributed by atoms with Gasteiger partial charge in [-0.1, -0.05) is 41.5 Å². The molecule has 2 aromatic carbocycles. The van der Waals surface area contributed by atoms with Crippen molar-refractivity contribution in [2.24, 2.45) is 0 Å². The molecule has 8 heteroatoms. The summed E-state index contributed by atoms with van der Waals surface area (Å²) in [6.45, 7) is 6.71. The summed E-state index contributed by atoms with van der Waals surface area (Å²) in [6.07, 6.45) is 0. The van der Waals surface area contributed by atoms with Crippen LogP contribution in [-0.2, 0) is 16.6 Å². The lowest BCUT2D eigenvalue weighted by Gasteiger charge is -2.34. The quantitative estimate of drug-likeness (QED) is 0.580. The zero-order valence-electron chi connectivity index (χ0n) is 15.5. The normalized spacial score (nSPS) is 16.4. The second-order valence-electron chi connectivity index (χ2n) is 6.90. The van der Waals surface area contributed by atoms with Gasteiger partial charge in [0.1, 0.15) is 0 Å². The molecule has 0 saturated carbocycles. The highest BCUT2D eigenvalue weighted by Crippen LogP contribution is 2.27. The van der Waals surface area contributed by atoms with E-state index < -0.39 is 14.9 Å². The van der Waals surface area contributed by atoms with Gasteiger partial charge in [0.2, 0.25) is 10.0 Å². The second-order valence-corrected chi connectivity index (χ2v) is 8.81. The first-order chi connectivity index (χ1) is 12.8. The Balaban J connectivity index is 1.71. The minimum absolute atomic E-state index is 0.238. The van der Waals surface area contributed by atoms with Crippen LogP contribution in [0.1, 0.15) is 16.7 Å². The van der Waals surface area contributed by atoms with Gasteiger partial charge in [0.05, 0.1) is 4.92 Å². The molecule has 1 saturated heterocycles. The third-order valence-corrected chi connectivity index (χ3v) is 6.64. The molecule has 0 amide bonds. The average molecular weight is 389 g/mol. The molecule has 1 fully saturated rings. The van der Waals surface area contributed by atoms with E-state index in [0.29, 0.717) is 26.2 Å². The Morgan fingerprint density at radius 3 is 2.19 bits per heavy atom. The summed E-state index contributed by atoms with van der Waals surface area (Å²) in [5.74, 6) is 0. The van der Waals surface area contributed by atoms with Crippen molar-refractivity contribution in [3.63, 3.8) is 0 Å². The Kier molecular flexibility index (Phi) is 5.59. The fraction of sp³-hybridized carbons (Fsp3) is 0.368. The van der Waals surface area contributed by atoms with Crippen LogP contribution in [0.3, 0.4) is 0 Å². The van der Waals surface area contributed by atoms with E-state index in [1.165, 1.54) is 45.3 Å². The third kappa shape index (κ3) is 4.35. The number of hydrogen-bond acceptors (Lipinski definition) is 5. The van der Waals surface area contributed by atoms with Crippen molar-refractivity contribution in [2.45, 2.75) is 25.3 Å². The first kappa shape index (κ1) is 19.5. The number of benzene rings is 2. The van der Waals surface area contributed by atoms with Crippen molar-refractivity contribution in [1.82, 2.24) is 9.21 Å². The maximum atomic E-state index is 12.9. The van der Waals surface area contributed by atoms with Gasteiger partial charge in [0, 0.05) is 38.8 Å². The van der Waals surface area contributed by atoms with Crippen LogP contribution in [0.5, 0.6) is 0 Å². The molecular weight excluding hydrogens is 366 g/mol. The largest absolute Gasteiger partial charge is 0.296 e. The van der Waals surface area contributed by atoms with Gasteiger partial charge in [0.15, 0.2) is 4.90 Å². The van der Waals surface area contributed by atoms with Gasteiger partial charge in [-0.15, -0.1) is 0 Å². The molecule has 3 rings (SSSR count). The van der Waals surface area contributed by atoms with Gasteiger partial charge in [0.25, 0.3) is 5.69 Å². The maximum absolute atomic E-state index is 12.9. The molecule has 0 radical (unpaired) electrons. The van der Waals surface area contributed by atoms with Crippen molar-refractivity contribution in [1.29, 1.82) is 0 Å². The molecule has 1 aliphatic rings. The number of sulfonamides is 1. The number of hydrogen-bond donors (Lipinski definition) is 0. The van der Waals surface area contributed by atoms with Crippen LogP contribution >= 0.6 is 0 Å². The lowest BCUT2D eigenvalue weighted by Crippen LogP contribution is -2.48. The number of piperazine rings is 1. The Hall–Kier alpha value is -2.29. The van der Waals surface area contributed by atoms with E-state index in [4.69, 9.17) is 0 Å². The van der Waals surface area contributed by atoms with E-state index in [-0.39, 0.29) is 10.6 Å². The van der Waals surface area contributed by atoms with Gasteiger partial charge < -0.3 is 0 Å². The monoisotopic (exact) mass is 389 g/mol. The molecule has 0 bridgehead atoms. The van der Waals surface area contributed by atoms with E-state index in [9.17, 15) is 18.5 Å². The summed E-state index contributed by atoms with van der Waals surface area (Å²) in [7, 11) is -3.88. The van der Waals surface area contributed by atoms with Gasteiger partial charge in [-0.2, -0.15) is 4.31 Å². The average Bonchev–Trinajstić information content (AvgIpc) is 2.61. The van der Waals surface area contributed by atoms with Gasteiger partial charge in [-0.25, -0.2) is 8.42 Å². The molecule has 0 atom stereocenters. The summed E-state index contributed by atoms with van der Waals surface area (Å²) in [5, 5.41) is 11.2. The van der Waals surface area contributed by atoms with E-state index in [0.717, 1.165) is 6.54 Å². The van der Waals surface area contributed by atoms with Crippen LogP contribution < -0.4 is 0 Å². The van der Waals surface area contributed by atoms with Gasteiger partial charge in [-0.3, -0.25) is 15.0 Å². The number of nitrogens with zero attached hydrogens (tertiary/aromatic N) is 3. The van der Waals surface area contributed by atoms with Crippen molar-refractivity contribution < 1.29 is 13.3 Å². The molecule has 2 aromatic rings. The molecule has 0 N–H and O–H groups in total. The summed E-state index contributed by atoms with van der Waals surface area (Å²) >= 11 is 0. The Morgan fingerprint density at radius 1 is 1.00 bits per heavy atom. The molecule has 27 heavy (non-hydrogen) atoms. The fourth-order valence-corrected chi connectivity index (χ4v) is 5.09. The standard InChI is InChI=1S/C19H23N3O4S/c1-15-11-16(2)13-17(12-15)14-20-7-9-21(10-8-20)27(25,26)19-6-4-3-5-18(19)22(23)24/h3-6,11-13H,7-10,14H2,1-2H3. The minimum atomic E-state index is -3.88. The Labute approximate surface area is 159 Å². The van der Waals surface area contributed by atoms with Crippen LogP contribution in [-0.4, -0.2) is 48.7 Å². The molecular formula is C19H23N3O4S. The number of nitro groups is 1. The van der Waals surface area contributed by atoms with Crippen LogP contribution in [0.25, 0.3) is 0 Å². The predicted octanol–water partition coefficient (Wildman–Crippen LogP) is 2.72. The van der Waals surface area contributed by atoms with Crippen LogP contribution in [0.15, 0.2) is 47.4 Å². The highest BCUT2D eigenvalue weighted by Gasteiger charge is 2.33. The smallest absolute Gasteiger partial charge is 0.289 e. The second kappa shape index (κ2) is 7.75. The lowest BCUT2D eigenvalue weighted by molar-refractivity contribution is -0.387. The molecule has 0 aliphatic carbocycles. The number of nitro benzene ring substituents is 1. The van der Waals surface area contributed by atoms with E-state index in [2.05, 4.69) is 36.9 Å². The van der Waals surface area contributed by atoms with E-state index in [1.54, 1.807) is 0 Å². The number of rotatable bonds is 5. The highest BCUT2D eigenvalue weighted by atomic mass is 32.2. The van der Waals surface area contributed by atoms with E-state index >= 15 is 0 Å². The van der Waals surface area contributed by atoms with Crippen LogP contribution in [0.2, 0.25) is 0 Å². The summed E-state index contributed by atoms with van der Waals surface area (Å²) in [5.41, 5.74) is 3.25. The van der Waals surface area contributed by atoms with E-state index in [1.807, 2.05) is 0 Å². The SMILES string of the molecule is Cc1cc(C)cc(CN2CCN(S(=O)(=O)c3ccccc3[N+](=O)[O-])CC2)c1. The maximum Gasteiger partial charge on any atom is 0.289 e. The first-order valence-corrected chi connectivity index (χ1v) is 10.2. The molecule has 1 aliphatic heterocycles. The highest BCUT2D eigenvalue weighted by molar-refractivity contribution is 7.89. The van der Waals surface area contributed by atoms with Crippen LogP contribution in [0.4, 0.5) is 5.69 Å². The Morgan fingerprint density at radius 2 is 1.59 bits per heavy atom. The summed E-state index contributed by atoms with van der Waals surface area (Å²) in [4.78, 5) is 12.5. The summed E-state index contributed by atoms with van der Waals surface area (Å²) in [6, 6.07) is 11.9. The number of para-hydroxylation sites is 1. The zero-order valence-corrected chi connectivity index (χ0v) is 16.3. The fourth-order valence-electron chi connectivity index (χ4n) is 3.51.